The number of nitro groups is 1. The van der Waals surface area contributed by atoms with Gasteiger partial charge in [-0.25, -0.2) is 14.8 Å². The molecule has 0 saturated heterocycles. The molecule has 0 fully saturated rings. The monoisotopic (exact) mass is 273 g/mol. The van der Waals surface area contributed by atoms with Crippen molar-refractivity contribution in [2.45, 2.75) is 0 Å². The number of aldehydes is 1. The Kier molecular flexibility index (Phi) is 3.47. The number of aromatic nitrogens is 2. The fraction of sp³-hybridized carbons (Fsp3) is 0. The normalized spacial score (nSPS) is 10.0. The van der Waals surface area contributed by atoms with Crippen LogP contribution in [0.1, 0.15) is 20.8 Å². The second-order valence-electron chi connectivity index (χ2n) is 3.73. The zero-order chi connectivity index (χ0) is 14.7. The van der Waals surface area contributed by atoms with E-state index in [-0.39, 0.29) is 17.1 Å². The first-order valence-electron chi connectivity index (χ1n) is 5.33. The summed E-state index contributed by atoms with van der Waals surface area (Å²) in [5.41, 5.74) is -0.482. The fourth-order valence-electron chi connectivity index (χ4n) is 1.55. The third-order valence-corrected chi connectivity index (χ3v) is 2.46. The molecular formula is C12H7N3O5. The lowest BCUT2D eigenvalue weighted by molar-refractivity contribution is -0.384. The number of carboxylic acids is 1. The van der Waals surface area contributed by atoms with Crippen molar-refractivity contribution in [3.8, 4) is 11.4 Å². The predicted molar refractivity (Wildman–Crippen MR) is 66.5 cm³/mol. The summed E-state index contributed by atoms with van der Waals surface area (Å²) >= 11 is 0. The average Bonchev–Trinajstić information content (AvgIpc) is 2.46. The van der Waals surface area contributed by atoms with Crippen molar-refractivity contribution >= 4 is 17.9 Å². The number of rotatable bonds is 4. The minimum Gasteiger partial charge on any atom is -0.476 e. The second-order valence-corrected chi connectivity index (χ2v) is 3.73. The molecule has 0 bridgehead atoms. The first-order chi connectivity index (χ1) is 9.52. The molecular weight excluding hydrogens is 266 g/mol. The van der Waals surface area contributed by atoms with Gasteiger partial charge in [0.05, 0.1) is 10.5 Å². The molecule has 1 heterocycles. The van der Waals surface area contributed by atoms with Crippen molar-refractivity contribution in [3.05, 3.63) is 51.8 Å². The third kappa shape index (κ3) is 2.48. The average molecular weight is 273 g/mol. The molecule has 0 spiro atoms. The van der Waals surface area contributed by atoms with Crippen LogP contribution in [0, 0.1) is 10.1 Å². The minimum absolute atomic E-state index is 0.00306. The summed E-state index contributed by atoms with van der Waals surface area (Å²) in [7, 11) is 0. The molecule has 0 unspecified atom stereocenters. The molecule has 0 saturated carbocycles. The van der Waals surface area contributed by atoms with Gasteiger partial charge in [0, 0.05) is 23.9 Å². The molecule has 0 radical (unpaired) electrons. The van der Waals surface area contributed by atoms with E-state index >= 15 is 0 Å². The van der Waals surface area contributed by atoms with Crippen molar-refractivity contribution in [1.82, 2.24) is 9.97 Å². The maximum atomic E-state index is 11.0. The van der Waals surface area contributed by atoms with Crippen LogP contribution >= 0.6 is 0 Å². The Balaban J connectivity index is 2.56. The van der Waals surface area contributed by atoms with Gasteiger partial charge in [0.1, 0.15) is 0 Å². The smallest absolute Gasteiger partial charge is 0.355 e. The van der Waals surface area contributed by atoms with E-state index in [0.717, 1.165) is 6.20 Å². The quantitative estimate of drug-likeness (QED) is 0.509. The Hall–Kier alpha value is -3.16. The van der Waals surface area contributed by atoms with Crippen LogP contribution in [0.25, 0.3) is 11.4 Å². The zero-order valence-electron chi connectivity index (χ0n) is 9.89. The van der Waals surface area contributed by atoms with Gasteiger partial charge in [-0.05, 0) is 0 Å². The van der Waals surface area contributed by atoms with E-state index in [4.69, 9.17) is 5.11 Å². The van der Waals surface area contributed by atoms with Gasteiger partial charge in [-0.15, -0.1) is 0 Å². The number of aromatic carboxylic acids is 1. The molecule has 2 rings (SSSR count). The Bertz CT molecular complexity index is 714. The second kappa shape index (κ2) is 5.22. The lowest BCUT2D eigenvalue weighted by Gasteiger charge is -2.03. The number of hydrogen-bond donors (Lipinski definition) is 1. The highest BCUT2D eigenvalue weighted by Gasteiger charge is 2.15. The van der Waals surface area contributed by atoms with Gasteiger partial charge < -0.3 is 5.11 Å². The number of carboxylic acid groups (broad SMARTS) is 1. The van der Waals surface area contributed by atoms with Gasteiger partial charge in [-0.1, -0.05) is 12.1 Å². The number of non-ortho nitro benzene ring substituents is 1. The highest BCUT2D eigenvalue weighted by molar-refractivity contribution is 5.95. The largest absolute Gasteiger partial charge is 0.476 e. The molecule has 0 atom stereocenters. The van der Waals surface area contributed by atoms with Crippen molar-refractivity contribution in [3.63, 3.8) is 0 Å². The number of carbonyl (C=O) groups is 2. The van der Waals surface area contributed by atoms with Crippen LogP contribution in [0.3, 0.4) is 0 Å². The topological polar surface area (TPSA) is 123 Å². The molecule has 20 heavy (non-hydrogen) atoms. The van der Waals surface area contributed by atoms with Crippen LogP contribution in [0.15, 0.2) is 30.5 Å². The maximum absolute atomic E-state index is 11.0. The van der Waals surface area contributed by atoms with E-state index in [1.165, 1.54) is 24.3 Å². The molecule has 2 aromatic rings. The third-order valence-electron chi connectivity index (χ3n) is 2.46. The Morgan fingerprint density at radius 3 is 2.75 bits per heavy atom. The molecule has 8 nitrogen and oxygen atoms in total. The van der Waals surface area contributed by atoms with Crippen LogP contribution in [-0.4, -0.2) is 32.3 Å². The summed E-state index contributed by atoms with van der Waals surface area (Å²) in [6.07, 6.45) is 1.40. The molecule has 1 aromatic heterocycles. The first-order valence-corrected chi connectivity index (χ1v) is 5.33. The number of nitro benzene ring substituents is 1. The predicted octanol–water partition coefficient (Wildman–Crippen LogP) is 1.56. The minimum atomic E-state index is -1.37. The molecule has 0 aliphatic heterocycles. The number of hydrogen-bond acceptors (Lipinski definition) is 6. The number of nitrogens with zero attached hydrogens (tertiary/aromatic N) is 3. The Morgan fingerprint density at radius 2 is 2.15 bits per heavy atom. The van der Waals surface area contributed by atoms with E-state index in [9.17, 15) is 19.7 Å². The molecule has 8 heteroatoms. The summed E-state index contributed by atoms with van der Waals surface area (Å²) in [5, 5.41) is 19.6. The maximum Gasteiger partial charge on any atom is 0.355 e. The van der Waals surface area contributed by atoms with Crippen molar-refractivity contribution in [2.24, 2.45) is 0 Å². The van der Waals surface area contributed by atoms with Crippen molar-refractivity contribution in [1.29, 1.82) is 0 Å². The van der Waals surface area contributed by atoms with E-state index < -0.39 is 16.6 Å². The molecule has 0 aliphatic rings. The van der Waals surface area contributed by atoms with Gasteiger partial charge in [-0.3, -0.25) is 14.9 Å². The van der Waals surface area contributed by atoms with Crippen molar-refractivity contribution in [2.75, 3.05) is 0 Å². The van der Waals surface area contributed by atoms with Gasteiger partial charge in [-0.2, -0.15) is 0 Å². The first kappa shape index (κ1) is 13.3. The van der Waals surface area contributed by atoms with Crippen LogP contribution in [-0.2, 0) is 0 Å². The summed E-state index contributed by atoms with van der Waals surface area (Å²) in [4.78, 5) is 39.4. The lowest BCUT2D eigenvalue weighted by atomic mass is 10.1. The highest BCUT2D eigenvalue weighted by Crippen LogP contribution is 2.21. The summed E-state index contributed by atoms with van der Waals surface area (Å²) < 4.78 is 0. The van der Waals surface area contributed by atoms with Gasteiger partial charge in [0.2, 0.25) is 0 Å². The van der Waals surface area contributed by atoms with Crippen LogP contribution in [0.5, 0.6) is 0 Å². The molecule has 100 valence electrons. The molecule has 0 aliphatic carbocycles. The number of carbonyl (C=O) groups excluding carboxylic acids is 1. The lowest BCUT2D eigenvalue weighted by Crippen LogP contribution is -2.07. The van der Waals surface area contributed by atoms with Crippen LogP contribution < -0.4 is 0 Å². The Morgan fingerprint density at radius 1 is 1.40 bits per heavy atom. The zero-order valence-corrected chi connectivity index (χ0v) is 9.89. The highest BCUT2D eigenvalue weighted by atomic mass is 16.6. The molecule has 1 N–H and O–H groups in total. The van der Waals surface area contributed by atoms with Gasteiger partial charge >= 0.3 is 5.97 Å². The van der Waals surface area contributed by atoms with E-state index in [1.54, 1.807) is 0 Å². The standard InChI is InChI=1S/C12H7N3O5/c16-6-8-5-13-11(14-10(8)12(17)18)7-2-1-3-9(4-7)15(19)20/h1-6H,(H,17,18). The van der Waals surface area contributed by atoms with Gasteiger partial charge in [0.25, 0.3) is 5.69 Å². The summed E-state index contributed by atoms with van der Waals surface area (Å²) in [5.74, 6) is -1.38. The Labute approximate surface area is 111 Å². The van der Waals surface area contributed by atoms with Gasteiger partial charge in [0.15, 0.2) is 17.8 Å². The SMILES string of the molecule is O=Cc1cnc(-c2cccc([N+](=O)[O-])c2)nc1C(=O)O. The van der Waals surface area contributed by atoms with E-state index in [2.05, 4.69) is 9.97 Å². The van der Waals surface area contributed by atoms with Crippen LogP contribution in [0.2, 0.25) is 0 Å². The molecule has 1 aromatic carbocycles. The fourth-order valence-corrected chi connectivity index (χ4v) is 1.55. The van der Waals surface area contributed by atoms with E-state index in [0.29, 0.717) is 11.8 Å². The van der Waals surface area contributed by atoms with Crippen molar-refractivity contribution < 1.29 is 19.6 Å². The number of benzene rings is 1. The summed E-state index contributed by atoms with van der Waals surface area (Å²) in [6, 6.07) is 5.46. The van der Waals surface area contributed by atoms with Crippen LogP contribution in [0.4, 0.5) is 5.69 Å². The summed E-state index contributed by atoms with van der Waals surface area (Å²) in [6.45, 7) is 0. The van der Waals surface area contributed by atoms with E-state index in [1.807, 2.05) is 0 Å². The molecule has 0 amide bonds.